The van der Waals surface area contributed by atoms with Crippen LogP contribution < -0.4 is 0 Å². The van der Waals surface area contributed by atoms with Crippen molar-refractivity contribution >= 4 is 20.2 Å². The van der Waals surface area contributed by atoms with Gasteiger partial charge in [0, 0.05) is 0 Å². The first-order valence-corrected chi connectivity index (χ1v) is 6.15. The van der Waals surface area contributed by atoms with Crippen molar-refractivity contribution in [3.8, 4) is 0 Å². The second-order valence-corrected chi connectivity index (χ2v) is 5.18. The van der Waals surface area contributed by atoms with Crippen LogP contribution in [0.4, 0.5) is 0 Å². The molecule has 1 aromatic carbocycles. The molecule has 7 nitrogen and oxygen atoms in total. The Morgan fingerprint density at radius 3 is 1.27 bits per heavy atom. The monoisotopic (exact) mass is 256 g/mol. The van der Waals surface area contributed by atoms with E-state index < -0.39 is 30.0 Å². The van der Waals surface area contributed by atoms with Gasteiger partial charge in [0.2, 0.25) is 0 Å². The molecule has 9 heteroatoms. The second-order valence-electron chi connectivity index (χ2n) is 2.40. The molecule has 0 amide bonds. The van der Waals surface area contributed by atoms with Crippen LogP contribution in [-0.4, -0.2) is 31.4 Å². The molecule has 0 saturated carbocycles. The molecule has 0 fully saturated rings. The molecule has 0 aliphatic rings. The predicted octanol–water partition coefficient (Wildman–Crippen LogP) is -0.645. The molecule has 0 aliphatic heterocycles. The number of hydrogen-bond acceptors (Lipinski definition) is 4. The molecule has 0 heterocycles. The summed E-state index contributed by atoms with van der Waals surface area (Å²) < 4.78 is 60.0. The van der Waals surface area contributed by atoms with E-state index in [-0.39, 0.29) is 5.48 Å². The summed E-state index contributed by atoms with van der Waals surface area (Å²) >= 11 is 0. The molecule has 0 aliphatic carbocycles. The van der Waals surface area contributed by atoms with Gasteiger partial charge in [-0.15, -0.1) is 0 Å². The lowest BCUT2D eigenvalue weighted by molar-refractivity contribution is 0.466. The summed E-state index contributed by atoms with van der Waals surface area (Å²) in [7, 11) is -9.31. The predicted molar refractivity (Wildman–Crippen MR) is 49.7 cm³/mol. The Balaban J connectivity index is 0.00000196. The number of benzene rings is 1. The third-order valence-electron chi connectivity index (χ3n) is 1.40. The average molecular weight is 256 g/mol. The van der Waals surface area contributed by atoms with Crippen molar-refractivity contribution in [2.45, 2.75) is 9.79 Å². The molecule has 15 heavy (non-hydrogen) atoms. The maximum atomic E-state index is 10.7. The van der Waals surface area contributed by atoms with Gasteiger partial charge in [0.05, 0.1) is 0 Å². The highest BCUT2D eigenvalue weighted by atomic mass is 32.2. The van der Waals surface area contributed by atoms with Crippen LogP contribution in [0, 0.1) is 0 Å². The quantitative estimate of drug-likeness (QED) is 0.674. The molecule has 0 radical (unpaired) electrons. The standard InChI is InChI=1S/C6H6O6S2.H2O/c7-13(8,9)5-3-1-2-4-6(5)14(10,11)12;/h1-4H,(H,7,8,9)(H,10,11,12);1H2. The van der Waals surface area contributed by atoms with E-state index in [1.165, 1.54) is 12.1 Å². The van der Waals surface area contributed by atoms with Crippen LogP contribution >= 0.6 is 0 Å². The van der Waals surface area contributed by atoms with E-state index in [4.69, 9.17) is 9.11 Å². The van der Waals surface area contributed by atoms with E-state index in [0.717, 1.165) is 12.1 Å². The molecule has 0 saturated heterocycles. The summed E-state index contributed by atoms with van der Waals surface area (Å²) in [5, 5.41) is 0. The molecule has 0 aromatic heterocycles. The summed E-state index contributed by atoms with van der Waals surface area (Å²) in [5.74, 6) is 0. The molecule has 1 rings (SSSR count). The van der Waals surface area contributed by atoms with Crippen molar-refractivity contribution in [1.82, 2.24) is 0 Å². The Morgan fingerprint density at radius 2 is 1.07 bits per heavy atom. The first kappa shape index (κ1) is 14.0. The van der Waals surface area contributed by atoms with Crippen LogP contribution in [0.2, 0.25) is 0 Å². The minimum atomic E-state index is -4.66. The molecule has 0 bridgehead atoms. The first-order chi connectivity index (χ1) is 6.23. The van der Waals surface area contributed by atoms with Gasteiger partial charge in [-0.2, -0.15) is 16.8 Å². The van der Waals surface area contributed by atoms with E-state index in [2.05, 4.69) is 0 Å². The molecule has 0 spiro atoms. The summed E-state index contributed by atoms with van der Waals surface area (Å²) in [6.45, 7) is 0. The van der Waals surface area contributed by atoms with Crippen LogP contribution in [0.1, 0.15) is 0 Å². The second kappa shape index (κ2) is 4.24. The molecular formula is C6H8O7S2. The smallest absolute Gasteiger partial charge is 0.295 e. The normalized spacial score (nSPS) is 11.9. The van der Waals surface area contributed by atoms with Crippen molar-refractivity contribution in [2.75, 3.05) is 0 Å². The summed E-state index contributed by atoms with van der Waals surface area (Å²) in [6.07, 6.45) is 0. The minimum Gasteiger partial charge on any atom is -0.412 e. The van der Waals surface area contributed by atoms with E-state index in [1.807, 2.05) is 0 Å². The molecule has 0 atom stereocenters. The zero-order chi connectivity index (χ0) is 11.0. The van der Waals surface area contributed by atoms with Gasteiger partial charge in [-0.05, 0) is 12.1 Å². The fraction of sp³-hybridized carbons (Fsp3) is 0. The number of rotatable bonds is 2. The summed E-state index contributed by atoms with van der Waals surface area (Å²) in [4.78, 5) is -1.69. The van der Waals surface area contributed by atoms with Crippen LogP contribution in [0.15, 0.2) is 34.1 Å². The van der Waals surface area contributed by atoms with Crippen molar-refractivity contribution in [1.29, 1.82) is 0 Å². The lowest BCUT2D eigenvalue weighted by Gasteiger charge is -2.02. The van der Waals surface area contributed by atoms with Crippen LogP contribution in [0.5, 0.6) is 0 Å². The topological polar surface area (TPSA) is 140 Å². The third kappa shape index (κ3) is 3.25. The Kier molecular flexibility index (Phi) is 3.96. The molecule has 0 unspecified atom stereocenters. The van der Waals surface area contributed by atoms with Gasteiger partial charge in [0.15, 0.2) is 0 Å². The SMILES string of the molecule is O.O=S(=O)(O)c1ccccc1S(=O)(=O)O. The Bertz CT molecular complexity index is 492. The largest absolute Gasteiger partial charge is 0.412 e. The first-order valence-electron chi connectivity index (χ1n) is 3.27. The van der Waals surface area contributed by atoms with Gasteiger partial charge < -0.3 is 5.48 Å². The van der Waals surface area contributed by atoms with E-state index in [1.54, 1.807) is 0 Å². The van der Waals surface area contributed by atoms with Crippen LogP contribution in [-0.2, 0) is 20.2 Å². The van der Waals surface area contributed by atoms with Crippen LogP contribution in [0.25, 0.3) is 0 Å². The molecular weight excluding hydrogens is 248 g/mol. The summed E-state index contributed by atoms with van der Waals surface area (Å²) in [6, 6.07) is 4.19. The third-order valence-corrected chi connectivity index (χ3v) is 3.36. The van der Waals surface area contributed by atoms with Crippen molar-refractivity contribution in [3.63, 3.8) is 0 Å². The molecule has 86 valence electrons. The highest BCUT2D eigenvalue weighted by Gasteiger charge is 2.22. The maximum absolute atomic E-state index is 10.7. The van der Waals surface area contributed by atoms with E-state index in [0.29, 0.717) is 0 Å². The van der Waals surface area contributed by atoms with Crippen molar-refractivity contribution < 1.29 is 31.4 Å². The van der Waals surface area contributed by atoms with E-state index in [9.17, 15) is 16.8 Å². The van der Waals surface area contributed by atoms with Gasteiger partial charge in [-0.1, -0.05) is 12.1 Å². The lowest BCUT2D eigenvalue weighted by atomic mass is 10.4. The average Bonchev–Trinajstić information content (AvgIpc) is 2.01. The maximum Gasteiger partial charge on any atom is 0.295 e. The molecule has 1 aromatic rings. The van der Waals surface area contributed by atoms with Gasteiger partial charge in [-0.25, -0.2) is 0 Å². The Hall–Kier alpha value is -1.00. The Morgan fingerprint density at radius 1 is 0.800 bits per heavy atom. The van der Waals surface area contributed by atoms with Gasteiger partial charge in [0.25, 0.3) is 20.2 Å². The zero-order valence-electron chi connectivity index (χ0n) is 7.15. The van der Waals surface area contributed by atoms with E-state index >= 15 is 0 Å². The highest BCUT2D eigenvalue weighted by Crippen LogP contribution is 2.19. The van der Waals surface area contributed by atoms with Crippen molar-refractivity contribution in [2.24, 2.45) is 0 Å². The lowest BCUT2D eigenvalue weighted by Crippen LogP contribution is -2.07. The molecule has 4 N–H and O–H groups in total. The minimum absolute atomic E-state index is 0. The Labute approximate surface area is 86.2 Å². The fourth-order valence-electron chi connectivity index (χ4n) is 0.876. The van der Waals surface area contributed by atoms with Crippen molar-refractivity contribution in [3.05, 3.63) is 24.3 Å². The van der Waals surface area contributed by atoms with Gasteiger partial charge in [0.1, 0.15) is 9.79 Å². The fourth-order valence-corrected chi connectivity index (χ4v) is 2.65. The highest BCUT2D eigenvalue weighted by molar-refractivity contribution is 7.89. The summed E-state index contributed by atoms with van der Waals surface area (Å²) in [5.41, 5.74) is 0. The van der Waals surface area contributed by atoms with Gasteiger partial charge >= 0.3 is 0 Å². The zero-order valence-corrected chi connectivity index (χ0v) is 8.79. The number of hydrogen-bond donors (Lipinski definition) is 2. The van der Waals surface area contributed by atoms with Crippen LogP contribution in [0.3, 0.4) is 0 Å². The van der Waals surface area contributed by atoms with Gasteiger partial charge in [-0.3, -0.25) is 9.11 Å².